The summed E-state index contributed by atoms with van der Waals surface area (Å²) in [6.45, 7) is 0. The van der Waals surface area contributed by atoms with E-state index in [1.807, 2.05) is 0 Å². The Morgan fingerprint density at radius 3 is 2.29 bits per heavy atom. The Labute approximate surface area is 123 Å². The highest BCUT2D eigenvalue weighted by atomic mass is 16.5. The van der Waals surface area contributed by atoms with Crippen molar-refractivity contribution in [1.29, 1.82) is 0 Å². The van der Waals surface area contributed by atoms with E-state index >= 15 is 0 Å². The van der Waals surface area contributed by atoms with Crippen LogP contribution in [-0.4, -0.2) is 25.3 Å². The predicted molar refractivity (Wildman–Crippen MR) is 80.0 cm³/mol. The molecule has 5 nitrogen and oxygen atoms in total. The largest absolute Gasteiger partial charge is 0.497 e. The topological polar surface area (TPSA) is 67.8 Å². The maximum Gasteiger partial charge on any atom is 0.330 e. The zero-order valence-electron chi connectivity index (χ0n) is 11.9. The number of carbonyl (C=O) groups is 1. The molecule has 0 radical (unpaired) electrons. The van der Waals surface area contributed by atoms with Gasteiger partial charge in [-0.15, -0.1) is 0 Å². The second-order valence-electron chi connectivity index (χ2n) is 4.42. The molecule has 0 heterocycles. The van der Waals surface area contributed by atoms with E-state index in [0.717, 1.165) is 0 Å². The van der Waals surface area contributed by atoms with Crippen molar-refractivity contribution in [2.75, 3.05) is 19.5 Å². The Kier molecular flexibility index (Phi) is 4.66. The van der Waals surface area contributed by atoms with Crippen LogP contribution in [-0.2, 0) is 4.79 Å². The zero-order chi connectivity index (χ0) is 15.2. The highest BCUT2D eigenvalue weighted by Gasteiger charge is 2.19. The number of ether oxygens (including phenoxy) is 2. The number of aliphatic carboxylic acids is 1. The number of carboxylic acid groups (broad SMARTS) is 1. The summed E-state index contributed by atoms with van der Waals surface area (Å²) in [5.74, 6) is 0.395. The predicted octanol–water partition coefficient (Wildman–Crippen LogP) is 2.94. The number of methoxy groups -OCH3 is 2. The van der Waals surface area contributed by atoms with Crippen LogP contribution in [0.4, 0.5) is 5.69 Å². The first-order valence-corrected chi connectivity index (χ1v) is 6.41. The monoisotopic (exact) mass is 287 g/mol. The third kappa shape index (κ3) is 3.66. The molecule has 0 aromatic heterocycles. The highest BCUT2D eigenvalue weighted by Crippen LogP contribution is 2.24. The maximum atomic E-state index is 11.5. The fourth-order valence-corrected chi connectivity index (χ4v) is 1.96. The number of hydrogen-bond donors (Lipinski definition) is 2. The zero-order valence-corrected chi connectivity index (χ0v) is 11.9. The molecular weight excluding hydrogens is 270 g/mol. The van der Waals surface area contributed by atoms with Gasteiger partial charge in [0.1, 0.15) is 11.5 Å². The number of nitrogens with one attached hydrogen (secondary N) is 1. The Bertz CT molecular complexity index is 610. The van der Waals surface area contributed by atoms with E-state index in [1.165, 1.54) is 0 Å². The van der Waals surface area contributed by atoms with Gasteiger partial charge >= 0.3 is 5.97 Å². The van der Waals surface area contributed by atoms with Crippen LogP contribution in [0.5, 0.6) is 11.5 Å². The molecule has 0 aliphatic heterocycles. The van der Waals surface area contributed by atoms with Gasteiger partial charge in [0.05, 0.1) is 14.2 Å². The van der Waals surface area contributed by atoms with Crippen LogP contribution >= 0.6 is 0 Å². The minimum atomic E-state index is -0.956. The van der Waals surface area contributed by atoms with Crippen molar-refractivity contribution in [2.45, 2.75) is 6.04 Å². The molecule has 21 heavy (non-hydrogen) atoms. The molecule has 0 fully saturated rings. The molecule has 0 saturated heterocycles. The summed E-state index contributed by atoms with van der Waals surface area (Å²) < 4.78 is 10.2. The molecule has 5 heteroatoms. The van der Waals surface area contributed by atoms with E-state index in [9.17, 15) is 9.90 Å². The van der Waals surface area contributed by atoms with Gasteiger partial charge in [-0.1, -0.05) is 18.2 Å². The fraction of sp³-hybridized carbons (Fsp3) is 0.188. The first-order chi connectivity index (χ1) is 10.1. The maximum absolute atomic E-state index is 11.5. The highest BCUT2D eigenvalue weighted by molar-refractivity contribution is 5.79. The lowest BCUT2D eigenvalue weighted by Gasteiger charge is -2.17. The van der Waals surface area contributed by atoms with Gasteiger partial charge < -0.3 is 19.9 Å². The van der Waals surface area contributed by atoms with E-state index in [2.05, 4.69) is 5.32 Å². The van der Waals surface area contributed by atoms with Crippen LogP contribution < -0.4 is 14.8 Å². The number of carboxylic acids is 1. The van der Waals surface area contributed by atoms with Crippen LogP contribution in [0.1, 0.15) is 11.6 Å². The van der Waals surface area contributed by atoms with Gasteiger partial charge in [-0.3, -0.25) is 0 Å². The van der Waals surface area contributed by atoms with Crippen molar-refractivity contribution in [1.82, 2.24) is 0 Å². The quantitative estimate of drug-likeness (QED) is 0.855. The van der Waals surface area contributed by atoms with E-state index < -0.39 is 12.0 Å². The Hall–Kier alpha value is -2.69. The summed E-state index contributed by atoms with van der Waals surface area (Å²) in [6.07, 6.45) is 0. The number of rotatable bonds is 6. The van der Waals surface area contributed by atoms with Gasteiger partial charge in [0.2, 0.25) is 0 Å². The fourth-order valence-electron chi connectivity index (χ4n) is 1.96. The molecule has 0 bridgehead atoms. The third-order valence-electron chi connectivity index (χ3n) is 3.08. The van der Waals surface area contributed by atoms with E-state index in [1.54, 1.807) is 62.8 Å². The lowest BCUT2D eigenvalue weighted by molar-refractivity contribution is -0.138. The van der Waals surface area contributed by atoms with Crippen molar-refractivity contribution in [3.05, 3.63) is 54.1 Å². The molecule has 0 amide bonds. The summed E-state index contributed by atoms with van der Waals surface area (Å²) in [5.41, 5.74) is 1.32. The second-order valence-corrected chi connectivity index (χ2v) is 4.42. The molecule has 0 spiro atoms. The van der Waals surface area contributed by atoms with E-state index in [-0.39, 0.29) is 0 Å². The second kappa shape index (κ2) is 6.65. The smallest absolute Gasteiger partial charge is 0.330 e. The Morgan fingerprint density at radius 1 is 1.05 bits per heavy atom. The average molecular weight is 287 g/mol. The minimum Gasteiger partial charge on any atom is -0.497 e. The molecule has 110 valence electrons. The summed E-state index contributed by atoms with van der Waals surface area (Å²) in [6, 6.07) is 13.2. The summed E-state index contributed by atoms with van der Waals surface area (Å²) in [7, 11) is 3.13. The van der Waals surface area contributed by atoms with Gasteiger partial charge in [-0.2, -0.15) is 0 Å². The van der Waals surface area contributed by atoms with Crippen LogP contribution in [0.15, 0.2) is 48.5 Å². The van der Waals surface area contributed by atoms with Gasteiger partial charge in [0.15, 0.2) is 6.04 Å². The lowest BCUT2D eigenvalue weighted by atomic mass is 10.1. The average Bonchev–Trinajstić information content (AvgIpc) is 2.52. The molecule has 2 rings (SSSR count). The SMILES string of the molecule is COc1ccc(C(Nc2cccc(OC)c2)C(=O)O)cc1. The Morgan fingerprint density at radius 2 is 1.71 bits per heavy atom. The van der Waals surface area contributed by atoms with E-state index in [0.29, 0.717) is 22.7 Å². The van der Waals surface area contributed by atoms with Crippen LogP contribution in [0.2, 0.25) is 0 Å². The molecule has 2 aromatic carbocycles. The normalized spacial score (nSPS) is 11.5. The molecule has 2 aromatic rings. The van der Waals surface area contributed by atoms with Gasteiger partial charge in [-0.25, -0.2) is 4.79 Å². The molecule has 0 aliphatic rings. The van der Waals surface area contributed by atoms with Crippen molar-refractivity contribution in [2.24, 2.45) is 0 Å². The van der Waals surface area contributed by atoms with Gasteiger partial charge in [0, 0.05) is 11.8 Å². The molecular formula is C16H17NO4. The molecule has 0 aliphatic carbocycles. The van der Waals surface area contributed by atoms with Crippen molar-refractivity contribution < 1.29 is 19.4 Å². The van der Waals surface area contributed by atoms with Crippen molar-refractivity contribution in [3.63, 3.8) is 0 Å². The number of benzene rings is 2. The first-order valence-electron chi connectivity index (χ1n) is 6.41. The van der Waals surface area contributed by atoms with Crippen LogP contribution in [0, 0.1) is 0 Å². The Balaban J connectivity index is 2.23. The third-order valence-corrected chi connectivity index (χ3v) is 3.08. The number of hydrogen-bond acceptors (Lipinski definition) is 4. The van der Waals surface area contributed by atoms with Crippen LogP contribution in [0.3, 0.4) is 0 Å². The first kappa shape index (κ1) is 14.7. The molecule has 1 atom stereocenters. The molecule has 2 N–H and O–H groups in total. The van der Waals surface area contributed by atoms with Crippen molar-refractivity contribution in [3.8, 4) is 11.5 Å². The number of anilines is 1. The molecule has 1 unspecified atom stereocenters. The molecule has 0 saturated carbocycles. The lowest BCUT2D eigenvalue weighted by Crippen LogP contribution is -2.20. The summed E-state index contributed by atoms with van der Waals surface area (Å²) in [4.78, 5) is 11.5. The summed E-state index contributed by atoms with van der Waals surface area (Å²) in [5, 5.41) is 12.4. The minimum absolute atomic E-state index is 0.645. The van der Waals surface area contributed by atoms with E-state index in [4.69, 9.17) is 9.47 Å². The van der Waals surface area contributed by atoms with Crippen molar-refractivity contribution >= 4 is 11.7 Å². The summed E-state index contributed by atoms with van der Waals surface area (Å²) >= 11 is 0. The van der Waals surface area contributed by atoms with Crippen LogP contribution in [0.25, 0.3) is 0 Å². The standard InChI is InChI=1S/C16H17NO4/c1-20-13-8-6-11(7-9-13)15(16(18)19)17-12-4-3-5-14(10-12)21-2/h3-10,15,17H,1-2H3,(H,18,19). The van der Waals surface area contributed by atoms with Gasteiger partial charge in [-0.05, 0) is 29.8 Å². The van der Waals surface area contributed by atoms with Gasteiger partial charge in [0.25, 0.3) is 0 Å².